The van der Waals surface area contributed by atoms with Gasteiger partial charge in [-0.05, 0) is 25.5 Å². The summed E-state index contributed by atoms with van der Waals surface area (Å²) in [5.74, 6) is -0.0311. The van der Waals surface area contributed by atoms with Crippen molar-refractivity contribution < 1.29 is 4.79 Å². The van der Waals surface area contributed by atoms with E-state index in [2.05, 4.69) is 37.9 Å². The summed E-state index contributed by atoms with van der Waals surface area (Å²) in [5, 5.41) is 0. The van der Waals surface area contributed by atoms with Gasteiger partial charge in [0.15, 0.2) is 0 Å². The van der Waals surface area contributed by atoms with Crippen LogP contribution in [0.2, 0.25) is 0 Å². The minimum Gasteiger partial charge on any atom is -0.372 e. The first-order valence-corrected chi connectivity index (χ1v) is 6.87. The Morgan fingerprint density at radius 2 is 2.16 bits per heavy atom. The highest BCUT2D eigenvalue weighted by atomic mass is 16.2. The van der Waals surface area contributed by atoms with Crippen LogP contribution in [-0.2, 0) is 4.79 Å². The molecule has 2 atom stereocenters. The van der Waals surface area contributed by atoms with Gasteiger partial charge in [0.05, 0.1) is 5.69 Å². The molecular formula is C15H23N3O. The zero-order valence-electron chi connectivity index (χ0n) is 12.2. The molecule has 1 aromatic rings. The zero-order valence-corrected chi connectivity index (χ0v) is 12.2. The average Bonchev–Trinajstić information content (AvgIpc) is 2.63. The molecule has 2 N–H and O–H groups in total. The number of nitrogens with zero attached hydrogens (tertiary/aromatic N) is 2. The maximum absolute atomic E-state index is 11.9. The molecule has 4 heteroatoms. The molecule has 104 valence electrons. The van der Waals surface area contributed by atoms with Crippen LogP contribution < -0.4 is 15.5 Å². The highest BCUT2D eigenvalue weighted by molar-refractivity contribution is 6.04. The van der Waals surface area contributed by atoms with E-state index in [1.807, 2.05) is 6.07 Å². The number of anilines is 2. The van der Waals surface area contributed by atoms with E-state index in [0.717, 1.165) is 23.4 Å². The van der Waals surface area contributed by atoms with Crippen LogP contribution in [0.4, 0.5) is 11.4 Å². The quantitative estimate of drug-likeness (QED) is 0.904. The molecule has 0 aliphatic carbocycles. The van der Waals surface area contributed by atoms with Gasteiger partial charge in [-0.2, -0.15) is 0 Å². The number of nitrogens with two attached hydrogens (primary N) is 1. The maximum Gasteiger partial charge on any atom is 0.248 e. The van der Waals surface area contributed by atoms with Gasteiger partial charge >= 0.3 is 0 Å². The van der Waals surface area contributed by atoms with Crippen LogP contribution in [0, 0.1) is 0 Å². The SMILES string of the molecule is CCCC(C)N(C)c1ccc2c(c1)N(C)C(=O)C2N. The van der Waals surface area contributed by atoms with Crippen LogP contribution in [0.15, 0.2) is 18.2 Å². The van der Waals surface area contributed by atoms with E-state index < -0.39 is 6.04 Å². The van der Waals surface area contributed by atoms with Crippen molar-refractivity contribution in [2.75, 3.05) is 23.9 Å². The van der Waals surface area contributed by atoms with Gasteiger partial charge in [0.1, 0.15) is 6.04 Å². The first kappa shape index (κ1) is 13.9. The fourth-order valence-electron chi connectivity index (χ4n) is 2.63. The van der Waals surface area contributed by atoms with Gasteiger partial charge < -0.3 is 15.5 Å². The van der Waals surface area contributed by atoms with Crippen molar-refractivity contribution in [3.05, 3.63) is 23.8 Å². The predicted octanol–water partition coefficient (Wildman–Crippen LogP) is 2.29. The highest BCUT2D eigenvalue weighted by Gasteiger charge is 2.32. The largest absolute Gasteiger partial charge is 0.372 e. The molecule has 19 heavy (non-hydrogen) atoms. The average molecular weight is 261 g/mol. The maximum atomic E-state index is 11.9. The number of fused-ring (bicyclic) bond motifs is 1. The lowest BCUT2D eigenvalue weighted by Gasteiger charge is -2.27. The summed E-state index contributed by atoms with van der Waals surface area (Å²) < 4.78 is 0. The molecule has 1 aliphatic heterocycles. The van der Waals surface area contributed by atoms with Crippen LogP contribution in [0.25, 0.3) is 0 Å². The van der Waals surface area contributed by atoms with Gasteiger partial charge in [0.25, 0.3) is 0 Å². The van der Waals surface area contributed by atoms with Crippen molar-refractivity contribution in [1.29, 1.82) is 0 Å². The van der Waals surface area contributed by atoms with Crippen molar-refractivity contribution in [3.63, 3.8) is 0 Å². The zero-order chi connectivity index (χ0) is 14.2. The van der Waals surface area contributed by atoms with Crippen LogP contribution in [-0.4, -0.2) is 26.0 Å². The molecule has 0 saturated heterocycles. The second kappa shape index (κ2) is 5.21. The summed E-state index contributed by atoms with van der Waals surface area (Å²) in [5.41, 5.74) is 8.90. The molecule has 2 unspecified atom stereocenters. The molecule has 0 radical (unpaired) electrons. The Morgan fingerprint density at radius 3 is 2.79 bits per heavy atom. The van der Waals surface area contributed by atoms with E-state index in [1.54, 1.807) is 11.9 Å². The highest BCUT2D eigenvalue weighted by Crippen LogP contribution is 2.36. The lowest BCUT2D eigenvalue weighted by atomic mass is 10.1. The van der Waals surface area contributed by atoms with Crippen molar-refractivity contribution in [1.82, 2.24) is 0 Å². The number of likely N-dealkylation sites (N-methyl/N-ethyl adjacent to an activating group) is 1. The Hall–Kier alpha value is -1.55. The molecule has 0 bridgehead atoms. The Labute approximate surface area is 115 Å². The Bertz CT molecular complexity index is 486. The molecule has 0 aromatic heterocycles. The Morgan fingerprint density at radius 1 is 1.47 bits per heavy atom. The fraction of sp³-hybridized carbons (Fsp3) is 0.533. The Kier molecular flexibility index (Phi) is 3.80. The smallest absolute Gasteiger partial charge is 0.248 e. The van der Waals surface area contributed by atoms with Gasteiger partial charge in [-0.1, -0.05) is 19.4 Å². The summed E-state index contributed by atoms with van der Waals surface area (Å²) in [6.45, 7) is 4.41. The molecular weight excluding hydrogens is 238 g/mol. The van der Waals surface area contributed by atoms with Crippen LogP contribution in [0.5, 0.6) is 0 Å². The molecule has 0 spiro atoms. The third-order valence-corrected chi connectivity index (χ3v) is 4.08. The molecule has 1 heterocycles. The topological polar surface area (TPSA) is 49.6 Å². The van der Waals surface area contributed by atoms with Gasteiger partial charge in [-0.15, -0.1) is 0 Å². The van der Waals surface area contributed by atoms with Crippen molar-refractivity contribution >= 4 is 17.3 Å². The van der Waals surface area contributed by atoms with Crippen molar-refractivity contribution in [2.24, 2.45) is 5.73 Å². The summed E-state index contributed by atoms with van der Waals surface area (Å²) in [7, 11) is 3.88. The number of amides is 1. The predicted molar refractivity (Wildman–Crippen MR) is 79.6 cm³/mol. The molecule has 0 fully saturated rings. The van der Waals surface area contributed by atoms with E-state index in [1.165, 1.54) is 6.42 Å². The minimum absolute atomic E-state index is 0.0311. The summed E-state index contributed by atoms with van der Waals surface area (Å²) in [6.07, 6.45) is 2.32. The third-order valence-electron chi connectivity index (χ3n) is 4.08. The van der Waals surface area contributed by atoms with Crippen LogP contribution >= 0.6 is 0 Å². The number of carbonyl (C=O) groups excluding carboxylic acids is 1. The molecule has 4 nitrogen and oxygen atoms in total. The summed E-state index contributed by atoms with van der Waals surface area (Å²) in [6, 6.07) is 6.07. The summed E-state index contributed by atoms with van der Waals surface area (Å²) in [4.78, 5) is 15.8. The lowest BCUT2D eigenvalue weighted by Crippen LogP contribution is -2.29. The van der Waals surface area contributed by atoms with E-state index in [9.17, 15) is 4.79 Å². The molecule has 2 rings (SSSR count). The second-order valence-electron chi connectivity index (χ2n) is 5.37. The van der Waals surface area contributed by atoms with Gasteiger partial charge in [-0.3, -0.25) is 4.79 Å². The van der Waals surface area contributed by atoms with Crippen LogP contribution in [0.1, 0.15) is 38.3 Å². The Balaban J connectivity index is 2.30. The normalized spacial score (nSPS) is 19.5. The van der Waals surface area contributed by atoms with Crippen molar-refractivity contribution in [3.8, 4) is 0 Å². The number of hydrogen-bond acceptors (Lipinski definition) is 3. The second-order valence-corrected chi connectivity index (χ2v) is 5.37. The first-order valence-electron chi connectivity index (χ1n) is 6.87. The molecule has 1 aliphatic rings. The van der Waals surface area contributed by atoms with Crippen molar-refractivity contribution in [2.45, 2.75) is 38.8 Å². The van der Waals surface area contributed by atoms with Crippen LogP contribution in [0.3, 0.4) is 0 Å². The molecule has 1 amide bonds. The standard InChI is InChI=1S/C15H23N3O/c1-5-6-10(2)17(3)11-7-8-12-13(9-11)18(4)15(19)14(12)16/h7-10,14H,5-6,16H2,1-4H3. The number of rotatable bonds is 4. The minimum atomic E-state index is -0.507. The van der Waals surface area contributed by atoms with Gasteiger partial charge in [0, 0.05) is 31.4 Å². The van der Waals surface area contributed by atoms with E-state index in [-0.39, 0.29) is 5.91 Å². The lowest BCUT2D eigenvalue weighted by molar-refractivity contribution is -0.118. The molecule has 1 aromatic carbocycles. The first-order chi connectivity index (χ1) is 8.97. The fourth-order valence-corrected chi connectivity index (χ4v) is 2.63. The van der Waals surface area contributed by atoms with Gasteiger partial charge in [0.2, 0.25) is 5.91 Å². The van der Waals surface area contributed by atoms with E-state index >= 15 is 0 Å². The van der Waals surface area contributed by atoms with Gasteiger partial charge in [-0.25, -0.2) is 0 Å². The van der Waals surface area contributed by atoms with E-state index in [0.29, 0.717) is 6.04 Å². The third kappa shape index (κ3) is 2.32. The molecule has 0 saturated carbocycles. The number of carbonyl (C=O) groups is 1. The van der Waals surface area contributed by atoms with E-state index in [4.69, 9.17) is 5.73 Å². The summed E-state index contributed by atoms with van der Waals surface area (Å²) >= 11 is 0. The monoisotopic (exact) mass is 261 g/mol. The number of benzene rings is 1. The number of hydrogen-bond donors (Lipinski definition) is 1.